The molecule has 0 bridgehead atoms. The lowest BCUT2D eigenvalue weighted by atomic mass is 9.94. The Morgan fingerprint density at radius 2 is 1.63 bits per heavy atom. The second kappa shape index (κ2) is 12.0. The summed E-state index contributed by atoms with van der Waals surface area (Å²) in [6, 6.07) is 13.2. The Morgan fingerprint density at radius 1 is 0.974 bits per heavy atom. The van der Waals surface area contributed by atoms with Gasteiger partial charge in [0.05, 0.1) is 17.2 Å². The smallest absolute Gasteiger partial charge is 0.416 e. The Labute approximate surface area is 223 Å². The topological polar surface area (TPSA) is 53.4 Å². The van der Waals surface area contributed by atoms with Gasteiger partial charge in [0, 0.05) is 24.2 Å². The maximum absolute atomic E-state index is 12.9. The number of nitrogens with zero attached hydrogens (tertiary/aromatic N) is 2. The summed E-state index contributed by atoms with van der Waals surface area (Å²) in [6.07, 6.45) is -3.40. The minimum atomic E-state index is -4.36. The zero-order valence-electron chi connectivity index (χ0n) is 23.1. The second-order valence-electron chi connectivity index (χ2n) is 10.4. The van der Waals surface area contributed by atoms with E-state index in [1.165, 1.54) is 17.7 Å². The van der Waals surface area contributed by atoms with Crippen LogP contribution in [0.1, 0.15) is 82.3 Å². The van der Waals surface area contributed by atoms with Gasteiger partial charge in [-0.25, -0.2) is 0 Å². The average Bonchev–Trinajstić information content (AvgIpc) is 3.28. The van der Waals surface area contributed by atoms with Crippen LogP contribution in [0.2, 0.25) is 0 Å². The minimum absolute atomic E-state index is 0.119. The molecule has 0 aliphatic rings. The van der Waals surface area contributed by atoms with E-state index >= 15 is 0 Å². The van der Waals surface area contributed by atoms with Crippen molar-refractivity contribution >= 4 is 5.97 Å². The number of esters is 1. The van der Waals surface area contributed by atoms with E-state index < -0.39 is 18.0 Å². The van der Waals surface area contributed by atoms with Crippen molar-refractivity contribution in [2.45, 2.75) is 85.7 Å². The van der Waals surface area contributed by atoms with Crippen LogP contribution in [0.15, 0.2) is 48.5 Å². The summed E-state index contributed by atoms with van der Waals surface area (Å²) in [5.74, 6) is 0.402. The Hall–Kier alpha value is -3.29. The number of hydrogen-bond donors (Lipinski definition) is 0. The summed E-state index contributed by atoms with van der Waals surface area (Å²) >= 11 is 0. The minimum Gasteiger partial charge on any atom is -0.455 e. The summed E-state index contributed by atoms with van der Waals surface area (Å²) in [5.41, 5.74) is 3.82. The van der Waals surface area contributed by atoms with Crippen LogP contribution in [-0.2, 0) is 22.1 Å². The number of alkyl halides is 3. The molecule has 0 saturated carbocycles. The highest BCUT2D eigenvalue weighted by atomic mass is 19.4. The fraction of sp³-hybridized carbons (Fsp3) is 0.467. The molecule has 3 aromatic rings. The van der Waals surface area contributed by atoms with E-state index in [-0.39, 0.29) is 23.8 Å². The Morgan fingerprint density at radius 3 is 2.18 bits per heavy atom. The molecule has 0 aliphatic carbocycles. The summed E-state index contributed by atoms with van der Waals surface area (Å²) in [7, 11) is 0. The molecule has 1 heterocycles. The van der Waals surface area contributed by atoms with E-state index in [1.807, 2.05) is 43.7 Å². The maximum atomic E-state index is 12.9. The number of hydrogen-bond acceptors (Lipinski definition) is 4. The second-order valence-corrected chi connectivity index (χ2v) is 10.4. The predicted octanol–water partition coefficient (Wildman–Crippen LogP) is 8.12. The third-order valence-corrected chi connectivity index (χ3v) is 6.46. The molecule has 2 unspecified atom stereocenters. The van der Waals surface area contributed by atoms with E-state index in [0.717, 1.165) is 36.2 Å². The number of carbonyl (C=O) groups excluding carboxylic acids is 1. The molecule has 0 radical (unpaired) electrons. The van der Waals surface area contributed by atoms with Crippen LogP contribution in [0.4, 0.5) is 13.2 Å². The highest BCUT2D eigenvalue weighted by Gasteiger charge is 2.30. The van der Waals surface area contributed by atoms with Crippen molar-refractivity contribution in [2.75, 3.05) is 0 Å². The van der Waals surface area contributed by atoms with Gasteiger partial charge in [-0.15, -0.1) is 0 Å². The van der Waals surface area contributed by atoms with Gasteiger partial charge in [0.2, 0.25) is 6.29 Å². The summed E-state index contributed by atoms with van der Waals surface area (Å²) < 4.78 is 51.9. The molecule has 206 valence electrons. The molecule has 0 spiro atoms. The number of carbonyl (C=O) groups is 1. The van der Waals surface area contributed by atoms with Crippen molar-refractivity contribution in [3.05, 3.63) is 70.9 Å². The van der Waals surface area contributed by atoms with Crippen molar-refractivity contribution in [1.29, 1.82) is 0 Å². The van der Waals surface area contributed by atoms with E-state index in [1.54, 1.807) is 20.8 Å². The molecule has 0 N–H and O–H groups in total. The van der Waals surface area contributed by atoms with Crippen molar-refractivity contribution in [2.24, 2.45) is 5.92 Å². The normalized spacial score (nSPS) is 13.6. The van der Waals surface area contributed by atoms with Crippen LogP contribution in [-0.4, -0.2) is 22.0 Å². The van der Waals surface area contributed by atoms with Gasteiger partial charge in [0.25, 0.3) is 0 Å². The standard InChI is InChI=1S/C30H37F3N2O3/c1-18(2)29(36)38-22(7)37-28-15-11-24(16-21(28)6)20(5)8-14-26-17-27(34-35(26)19(3)4)23-9-12-25(13-10-23)30(31,32)33/h9-13,15-20,22H,8,14H2,1-7H3. The zero-order chi connectivity index (χ0) is 28.2. The highest BCUT2D eigenvalue weighted by Crippen LogP contribution is 2.32. The van der Waals surface area contributed by atoms with Gasteiger partial charge in [-0.2, -0.15) is 18.3 Å². The van der Waals surface area contributed by atoms with Gasteiger partial charge in [-0.1, -0.05) is 45.0 Å². The molecule has 0 amide bonds. The Bertz CT molecular complexity index is 1230. The van der Waals surface area contributed by atoms with Crippen molar-refractivity contribution < 1.29 is 27.4 Å². The van der Waals surface area contributed by atoms with Crippen molar-refractivity contribution in [3.63, 3.8) is 0 Å². The van der Waals surface area contributed by atoms with Gasteiger partial charge in [0.15, 0.2) is 0 Å². The molecule has 5 nitrogen and oxygen atoms in total. The largest absolute Gasteiger partial charge is 0.455 e. The van der Waals surface area contributed by atoms with Gasteiger partial charge in [-0.3, -0.25) is 9.48 Å². The first kappa shape index (κ1) is 29.3. The molecule has 8 heteroatoms. The zero-order valence-corrected chi connectivity index (χ0v) is 23.1. The molecular weight excluding hydrogens is 493 g/mol. The summed E-state index contributed by atoms with van der Waals surface area (Å²) in [4.78, 5) is 11.8. The lowest BCUT2D eigenvalue weighted by Gasteiger charge is -2.19. The Kier molecular flexibility index (Phi) is 9.28. The van der Waals surface area contributed by atoms with E-state index in [0.29, 0.717) is 17.0 Å². The lowest BCUT2D eigenvalue weighted by Crippen LogP contribution is -2.24. The van der Waals surface area contributed by atoms with E-state index in [2.05, 4.69) is 13.0 Å². The fourth-order valence-electron chi connectivity index (χ4n) is 4.18. The van der Waals surface area contributed by atoms with Crippen LogP contribution < -0.4 is 4.74 Å². The SMILES string of the molecule is Cc1cc(C(C)CCc2cc(-c3ccc(C(F)(F)F)cc3)nn2C(C)C)ccc1OC(C)OC(=O)C(C)C. The van der Waals surface area contributed by atoms with Crippen molar-refractivity contribution in [3.8, 4) is 17.0 Å². The first-order valence-electron chi connectivity index (χ1n) is 13.0. The Balaban J connectivity index is 1.69. The van der Waals surface area contributed by atoms with Gasteiger partial charge in [-0.05, 0) is 74.9 Å². The van der Waals surface area contributed by atoms with E-state index in [4.69, 9.17) is 14.6 Å². The molecule has 0 aliphatic heterocycles. The van der Waals surface area contributed by atoms with Gasteiger partial charge < -0.3 is 9.47 Å². The molecule has 0 fully saturated rings. The fourth-order valence-corrected chi connectivity index (χ4v) is 4.18. The number of rotatable bonds is 10. The van der Waals surface area contributed by atoms with Crippen molar-refractivity contribution in [1.82, 2.24) is 9.78 Å². The number of halogens is 3. The van der Waals surface area contributed by atoms with Crippen LogP contribution >= 0.6 is 0 Å². The first-order valence-corrected chi connectivity index (χ1v) is 13.0. The highest BCUT2D eigenvalue weighted by molar-refractivity contribution is 5.71. The monoisotopic (exact) mass is 530 g/mol. The maximum Gasteiger partial charge on any atom is 0.416 e. The summed E-state index contributed by atoms with van der Waals surface area (Å²) in [5, 5.41) is 4.69. The number of aromatic nitrogens is 2. The number of aryl methyl sites for hydroxylation is 2. The molecule has 1 aromatic heterocycles. The molecule has 0 saturated heterocycles. The van der Waals surface area contributed by atoms with Crippen LogP contribution in [0.25, 0.3) is 11.3 Å². The van der Waals surface area contributed by atoms with Crippen LogP contribution in [0.3, 0.4) is 0 Å². The van der Waals surface area contributed by atoms with Gasteiger partial charge >= 0.3 is 12.1 Å². The third-order valence-electron chi connectivity index (χ3n) is 6.46. The van der Waals surface area contributed by atoms with E-state index in [9.17, 15) is 18.0 Å². The number of benzene rings is 2. The third kappa shape index (κ3) is 7.39. The summed E-state index contributed by atoms with van der Waals surface area (Å²) in [6.45, 7) is 13.5. The molecule has 38 heavy (non-hydrogen) atoms. The molecule has 3 rings (SSSR count). The lowest BCUT2D eigenvalue weighted by molar-refractivity contribution is -0.165. The van der Waals surface area contributed by atoms with Gasteiger partial charge in [0.1, 0.15) is 5.75 Å². The quantitative estimate of drug-likeness (QED) is 0.196. The van der Waals surface area contributed by atoms with Crippen LogP contribution in [0.5, 0.6) is 5.75 Å². The average molecular weight is 531 g/mol. The predicted molar refractivity (Wildman–Crippen MR) is 142 cm³/mol. The first-order chi connectivity index (χ1) is 17.8. The molecule has 2 aromatic carbocycles. The van der Waals surface area contributed by atoms with Crippen LogP contribution in [0, 0.1) is 12.8 Å². The molecular formula is C30H37F3N2O3. The number of ether oxygens (including phenoxy) is 2. The molecule has 2 atom stereocenters.